The average molecular weight is 281 g/mol. The van der Waals surface area contributed by atoms with Crippen molar-refractivity contribution < 1.29 is 29.6 Å². The fourth-order valence-electron chi connectivity index (χ4n) is 0.995. The first kappa shape index (κ1) is 11.7. The zero-order valence-electron chi connectivity index (χ0n) is 7.11. The monoisotopic (exact) mass is 280 g/mol. The van der Waals surface area contributed by atoms with Gasteiger partial charge in [-0.2, -0.15) is 0 Å². The Hall–Kier alpha value is -1.34. The largest absolute Gasteiger partial charge is 0.504 e. The third-order valence-corrected chi connectivity index (χ3v) is 2.29. The van der Waals surface area contributed by atoms with Crippen LogP contribution in [0.2, 0.25) is 0 Å². The van der Waals surface area contributed by atoms with E-state index in [2.05, 4.69) is 15.9 Å². The van der Waals surface area contributed by atoms with Crippen molar-refractivity contribution in [2.75, 3.05) is 0 Å². The van der Waals surface area contributed by atoms with Crippen molar-refractivity contribution in [1.29, 1.82) is 0 Å². The lowest BCUT2D eigenvalue weighted by Gasteiger charge is -2.11. The van der Waals surface area contributed by atoms with E-state index >= 15 is 0 Å². The van der Waals surface area contributed by atoms with Crippen LogP contribution in [0.1, 0.15) is 11.7 Å². The van der Waals surface area contributed by atoms with Gasteiger partial charge in [0.2, 0.25) is 0 Å². The maximum atomic E-state index is 13.3. The number of carbonyl (C=O) groups is 1. The molecule has 0 saturated carbocycles. The number of carboxylic acid groups (broad SMARTS) is 1. The molecule has 0 aliphatic rings. The van der Waals surface area contributed by atoms with Gasteiger partial charge in [-0.1, -0.05) is 0 Å². The van der Waals surface area contributed by atoms with Gasteiger partial charge in [0.15, 0.2) is 17.6 Å². The molecule has 0 saturated heterocycles. The quantitative estimate of drug-likeness (QED) is 0.609. The number of rotatable bonds is 2. The second-order valence-electron chi connectivity index (χ2n) is 2.69. The Morgan fingerprint density at radius 3 is 2.47 bits per heavy atom. The number of aliphatic carboxylic acids is 1. The van der Waals surface area contributed by atoms with E-state index in [1.165, 1.54) is 0 Å². The molecule has 0 spiro atoms. The lowest BCUT2D eigenvalue weighted by molar-refractivity contribution is -0.147. The number of benzene rings is 1. The summed E-state index contributed by atoms with van der Waals surface area (Å²) < 4.78 is 13.1. The van der Waals surface area contributed by atoms with E-state index in [0.717, 1.165) is 6.07 Å². The first-order valence-electron chi connectivity index (χ1n) is 3.67. The highest BCUT2D eigenvalue weighted by molar-refractivity contribution is 9.10. The van der Waals surface area contributed by atoms with Gasteiger partial charge >= 0.3 is 5.97 Å². The summed E-state index contributed by atoms with van der Waals surface area (Å²) in [7, 11) is 0. The van der Waals surface area contributed by atoms with Crippen LogP contribution in [0.25, 0.3) is 0 Å². The van der Waals surface area contributed by atoms with Gasteiger partial charge in [0.1, 0.15) is 5.82 Å². The van der Waals surface area contributed by atoms with E-state index < -0.39 is 35.0 Å². The lowest BCUT2D eigenvalue weighted by atomic mass is 10.1. The Balaban J connectivity index is 3.45. The molecule has 0 aliphatic carbocycles. The average Bonchev–Trinajstić information content (AvgIpc) is 2.15. The van der Waals surface area contributed by atoms with Crippen molar-refractivity contribution in [3.05, 3.63) is 21.9 Å². The smallest absolute Gasteiger partial charge is 0.337 e. The summed E-state index contributed by atoms with van der Waals surface area (Å²) in [5, 5.41) is 35.8. The molecule has 0 amide bonds. The van der Waals surface area contributed by atoms with Crippen molar-refractivity contribution in [1.82, 2.24) is 0 Å². The van der Waals surface area contributed by atoms with Gasteiger partial charge in [-0.25, -0.2) is 9.18 Å². The highest BCUT2D eigenvalue weighted by Crippen LogP contribution is 2.39. The maximum absolute atomic E-state index is 13.3. The summed E-state index contributed by atoms with van der Waals surface area (Å²) in [6, 6.07) is 0.850. The summed E-state index contributed by atoms with van der Waals surface area (Å²) in [5.74, 6) is -4.59. The van der Waals surface area contributed by atoms with Crippen LogP contribution < -0.4 is 0 Å². The molecule has 1 rings (SSSR count). The molecule has 15 heavy (non-hydrogen) atoms. The summed E-state index contributed by atoms with van der Waals surface area (Å²) in [5.41, 5.74) is -0.880. The van der Waals surface area contributed by atoms with Crippen LogP contribution in [-0.4, -0.2) is 26.4 Å². The van der Waals surface area contributed by atoms with Crippen molar-refractivity contribution in [2.45, 2.75) is 6.10 Å². The second kappa shape index (κ2) is 4.03. The predicted molar refractivity (Wildman–Crippen MR) is 50.0 cm³/mol. The molecule has 0 aliphatic heterocycles. The lowest BCUT2D eigenvalue weighted by Crippen LogP contribution is -2.12. The number of phenolic OH excluding ortho intramolecular Hbond substituents is 2. The van der Waals surface area contributed by atoms with Crippen molar-refractivity contribution in [3.8, 4) is 11.5 Å². The van der Waals surface area contributed by atoms with Gasteiger partial charge in [-0.15, -0.1) is 0 Å². The molecule has 1 atom stereocenters. The summed E-state index contributed by atoms with van der Waals surface area (Å²) in [4.78, 5) is 10.4. The number of aliphatic hydroxyl groups is 1. The Bertz CT molecular complexity index is 394. The first-order valence-corrected chi connectivity index (χ1v) is 4.46. The summed E-state index contributed by atoms with van der Waals surface area (Å²) in [6.45, 7) is 0. The molecular weight excluding hydrogens is 275 g/mol. The fraction of sp³-hybridized carbons (Fsp3) is 0.125. The van der Waals surface area contributed by atoms with Crippen molar-refractivity contribution in [3.63, 3.8) is 0 Å². The van der Waals surface area contributed by atoms with Crippen molar-refractivity contribution in [2.24, 2.45) is 0 Å². The number of carboxylic acids is 1. The normalized spacial score (nSPS) is 12.5. The van der Waals surface area contributed by atoms with Crippen LogP contribution in [0.5, 0.6) is 11.5 Å². The third kappa shape index (κ3) is 2.02. The minimum absolute atomic E-state index is 0.256. The van der Waals surface area contributed by atoms with E-state index in [9.17, 15) is 14.3 Å². The Morgan fingerprint density at radius 1 is 1.47 bits per heavy atom. The van der Waals surface area contributed by atoms with Gasteiger partial charge in [-0.3, -0.25) is 0 Å². The Kier molecular flexibility index (Phi) is 3.15. The number of hydrogen-bond donors (Lipinski definition) is 4. The molecular formula is C8H6BrFO5. The van der Waals surface area contributed by atoms with Crippen LogP contribution in [-0.2, 0) is 4.79 Å². The Morgan fingerprint density at radius 2 is 2.00 bits per heavy atom. The standard InChI is InChI=1S/C8H6BrFO5/c9-2-1-3(11)6(12)4(5(2)10)7(13)8(14)15/h1,7,11-13H,(H,14,15). The van der Waals surface area contributed by atoms with Crippen LogP contribution >= 0.6 is 15.9 Å². The van der Waals surface area contributed by atoms with Gasteiger partial charge in [0.05, 0.1) is 10.0 Å². The molecule has 1 aromatic carbocycles. The molecule has 1 unspecified atom stereocenters. The van der Waals surface area contributed by atoms with Crippen LogP contribution in [0, 0.1) is 5.82 Å². The number of aliphatic hydroxyl groups excluding tert-OH is 1. The highest BCUT2D eigenvalue weighted by Gasteiger charge is 2.27. The van der Waals surface area contributed by atoms with Gasteiger partial charge in [-0.05, 0) is 15.9 Å². The van der Waals surface area contributed by atoms with E-state index in [0.29, 0.717) is 0 Å². The molecule has 0 radical (unpaired) electrons. The number of aromatic hydroxyl groups is 2. The van der Waals surface area contributed by atoms with E-state index in [1.54, 1.807) is 0 Å². The molecule has 7 heteroatoms. The first-order chi connectivity index (χ1) is 6.86. The molecule has 0 heterocycles. The number of phenols is 2. The summed E-state index contributed by atoms with van der Waals surface area (Å²) in [6.07, 6.45) is -2.24. The molecule has 5 nitrogen and oxygen atoms in total. The third-order valence-electron chi connectivity index (χ3n) is 1.71. The molecule has 1 aromatic rings. The van der Waals surface area contributed by atoms with Crippen LogP contribution in [0.15, 0.2) is 10.5 Å². The van der Waals surface area contributed by atoms with Crippen LogP contribution in [0.3, 0.4) is 0 Å². The summed E-state index contributed by atoms with van der Waals surface area (Å²) >= 11 is 2.70. The molecule has 82 valence electrons. The molecule has 4 N–H and O–H groups in total. The van der Waals surface area contributed by atoms with Gasteiger partial charge < -0.3 is 20.4 Å². The zero-order chi connectivity index (χ0) is 11.7. The van der Waals surface area contributed by atoms with E-state index in [4.69, 9.17) is 15.3 Å². The molecule has 0 fully saturated rings. The zero-order valence-corrected chi connectivity index (χ0v) is 8.69. The van der Waals surface area contributed by atoms with Crippen LogP contribution in [0.4, 0.5) is 4.39 Å². The topological polar surface area (TPSA) is 98.0 Å². The predicted octanol–water partition coefficient (Wildman–Crippen LogP) is 1.12. The minimum atomic E-state index is -2.24. The minimum Gasteiger partial charge on any atom is -0.504 e. The number of hydrogen-bond acceptors (Lipinski definition) is 4. The second-order valence-corrected chi connectivity index (χ2v) is 3.55. The fourth-order valence-corrected chi connectivity index (χ4v) is 1.43. The number of halogens is 2. The molecule has 0 aromatic heterocycles. The van der Waals surface area contributed by atoms with Gasteiger partial charge in [0, 0.05) is 6.07 Å². The maximum Gasteiger partial charge on any atom is 0.337 e. The van der Waals surface area contributed by atoms with Gasteiger partial charge in [0.25, 0.3) is 0 Å². The SMILES string of the molecule is O=C(O)C(O)c1c(O)c(O)cc(Br)c1F. The van der Waals surface area contributed by atoms with E-state index in [1.807, 2.05) is 0 Å². The Labute approximate surface area is 91.5 Å². The highest BCUT2D eigenvalue weighted by atomic mass is 79.9. The van der Waals surface area contributed by atoms with Crippen molar-refractivity contribution >= 4 is 21.9 Å². The molecule has 0 bridgehead atoms. The van der Waals surface area contributed by atoms with E-state index in [-0.39, 0.29) is 4.47 Å².